The van der Waals surface area contributed by atoms with Gasteiger partial charge >= 0.3 is 0 Å². The zero-order valence-electron chi connectivity index (χ0n) is 16.3. The molecule has 2 aromatic rings. The Labute approximate surface area is 166 Å². The zero-order chi connectivity index (χ0) is 20.1. The first-order valence-electron chi connectivity index (χ1n) is 9.41. The largest absolute Gasteiger partial charge is 0.379 e. The van der Waals surface area contributed by atoms with Crippen LogP contribution >= 0.6 is 0 Å². The number of rotatable bonds is 6. The number of aryl methyl sites for hydroxylation is 3. The van der Waals surface area contributed by atoms with Crippen LogP contribution in [0.4, 0.5) is 5.69 Å². The van der Waals surface area contributed by atoms with E-state index in [1.54, 1.807) is 24.3 Å². The molecular formula is C21H26N2O4S. The Hall–Kier alpha value is -2.22. The van der Waals surface area contributed by atoms with Crippen LogP contribution in [0.25, 0.3) is 0 Å². The van der Waals surface area contributed by atoms with E-state index < -0.39 is 10.0 Å². The van der Waals surface area contributed by atoms with Crippen molar-refractivity contribution in [3.63, 3.8) is 0 Å². The van der Waals surface area contributed by atoms with E-state index in [9.17, 15) is 13.2 Å². The molecule has 0 bridgehead atoms. The number of benzene rings is 2. The molecule has 6 nitrogen and oxygen atoms in total. The molecule has 2 aromatic carbocycles. The van der Waals surface area contributed by atoms with Crippen LogP contribution in [0, 0.1) is 13.8 Å². The van der Waals surface area contributed by atoms with Crippen molar-refractivity contribution in [2.75, 3.05) is 31.6 Å². The van der Waals surface area contributed by atoms with Crippen molar-refractivity contribution in [3.05, 3.63) is 59.2 Å². The molecule has 1 fully saturated rings. The molecule has 0 atom stereocenters. The van der Waals surface area contributed by atoms with Gasteiger partial charge in [0.25, 0.3) is 0 Å². The number of morpholine rings is 1. The van der Waals surface area contributed by atoms with Gasteiger partial charge in [-0.3, -0.25) is 4.79 Å². The van der Waals surface area contributed by atoms with Crippen LogP contribution in [0.1, 0.15) is 23.1 Å². The summed E-state index contributed by atoms with van der Waals surface area (Å²) in [5.41, 5.74) is 3.86. The Balaban J connectivity index is 1.59. The third-order valence-electron chi connectivity index (χ3n) is 4.92. The molecule has 150 valence electrons. The number of hydrogen-bond acceptors (Lipinski definition) is 4. The van der Waals surface area contributed by atoms with Crippen LogP contribution in [0.3, 0.4) is 0 Å². The number of carbonyl (C=O) groups excluding carboxylic acids is 1. The number of carbonyl (C=O) groups is 1. The van der Waals surface area contributed by atoms with Gasteiger partial charge in [0.05, 0.1) is 18.1 Å². The Bertz CT molecular complexity index is 913. The smallest absolute Gasteiger partial charge is 0.243 e. The van der Waals surface area contributed by atoms with E-state index in [0.717, 1.165) is 22.4 Å². The fraction of sp³-hybridized carbons (Fsp3) is 0.381. The van der Waals surface area contributed by atoms with Gasteiger partial charge in [-0.15, -0.1) is 0 Å². The molecule has 1 N–H and O–H groups in total. The summed E-state index contributed by atoms with van der Waals surface area (Å²) in [7, 11) is -3.49. The number of para-hydroxylation sites is 1. The van der Waals surface area contributed by atoms with Crippen molar-refractivity contribution < 1.29 is 17.9 Å². The maximum absolute atomic E-state index is 12.6. The van der Waals surface area contributed by atoms with Crippen LogP contribution in [-0.4, -0.2) is 44.9 Å². The molecule has 0 radical (unpaired) electrons. The van der Waals surface area contributed by atoms with Gasteiger partial charge in [-0.05, 0) is 49.1 Å². The number of ether oxygens (including phenoxy) is 1. The van der Waals surface area contributed by atoms with E-state index in [4.69, 9.17) is 4.74 Å². The third kappa shape index (κ3) is 4.79. The van der Waals surface area contributed by atoms with Crippen molar-refractivity contribution in [2.45, 2.75) is 31.6 Å². The molecule has 1 heterocycles. The first kappa shape index (κ1) is 20.5. The lowest BCUT2D eigenvalue weighted by molar-refractivity contribution is -0.116. The summed E-state index contributed by atoms with van der Waals surface area (Å²) in [5, 5.41) is 2.97. The minimum Gasteiger partial charge on any atom is -0.379 e. The van der Waals surface area contributed by atoms with Crippen LogP contribution in [0.15, 0.2) is 47.4 Å². The second-order valence-electron chi connectivity index (χ2n) is 6.98. The first-order chi connectivity index (χ1) is 13.4. The quantitative estimate of drug-likeness (QED) is 0.806. The van der Waals surface area contributed by atoms with Crippen molar-refractivity contribution in [3.8, 4) is 0 Å². The third-order valence-corrected chi connectivity index (χ3v) is 6.83. The molecule has 0 unspecified atom stereocenters. The molecule has 3 rings (SSSR count). The van der Waals surface area contributed by atoms with Gasteiger partial charge in [-0.1, -0.05) is 30.3 Å². The predicted octanol–water partition coefficient (Wildman–Crippen LogP) is 2.90. The number of anilines is 1. The SMILES string of the molecule is Cc1cccc(C)c1NC(=O)CCc1ccc(S(=O)(=O)N2CCOCC2)cc1. The summed E-state index contributed by atoms with van der Waals surface area (Å²) in [5.74, 6) is -0.0533. The van der Waals surface area contributed by atoms with E-state index in [1.807, 2.05) is 32.0 Å². The highest BCUT2D eigenvalue weighted by molar-refractivity contribution is 7.89. The van der Waals surface area contributed by atoms with E-state index in [-0.39, 0.29) is 10.8 Å². The zero-order valence-corrected chi connectivity index (χ0v) is 17.1. The lowest BCUT2D eigenvalue weighted by Crippen LogP contribution is -2.40. The fourth-order valence-electron chi connectivity index (χ4n) is 3.24. The molecule has 7 heteroatoms. The number of sulfonamides is 1. The number of hydrogen-bond donors (Lipinski definition) is 1. The second kappa shape index (κ2) is 8.86. The van der Waals surface area contributed by atoms with Gasteiger partial charge in [0.2, 0.25) is 15.9 Å². The maximum atomic E-state index is 12.6. The highest BCUT2D eigenvalue weighted by Gasteiger charge is 2.26. The van der Waals surface area contributed by atoms with E-state index in [1.165, 1.54) is 4.31 Å². The molecule has 0 spiro atoms. The molecule has 1 amide bonds. The summed E-state index contributed by atoms with van der Waals surface area (Å²) in [6, 6.07) is 12.7. The van der Waals surface area contributed by atoms with Crippen LogP contribution in [0.2, 0.25) is 0 Å². The molecule has 0 saturated carbocycles. The van der Waals surface area contributed by atoms with Crippen molar-refractivity contribution in [1.82, 2.24) is 4.31 Å². The molecule has 28 heavy (non-hydrogen) atoms. The van der Waals surface area contributed by atoms with E-state index >= 15 is 0 Å². The minimum absolute atomic E-state index is 0.0533. The van der Waals surface area contributed by atoms with Gasteiger partial charge in [-0.2, -0.15) is 4.31 Å². The van der Waals surface area contributed by atoms with Crippen LogP contribution < -0.4 is 5.32 Å². The normalized spacial score (nSPS) is 15.4. The summed E-state index contributed by atoms with van der Waals surface area (Å²) < 4.78 is 31.9. The van der Waals surface area contributed by atoms with E-state index in [2.05, 4.69) is 5.32 Å². The lowest BCUT2D eigenvalue weighted by atomic mass is 10.1. The number of nitrogens with zero attached hydrogens (tertiary/aromatic N) is 1. The van der Waals surface area contributed by atoms with Crippen molar-refractivity contribution in [2.24, 2.45) is 0 Å². The minimum atomic E-state index is -3.49. The summed E-state index contributed by atoms with van der Waals surface area (Å²) in [6.45, 7) is 5.54. The van der Waals surface area contributed by atoms with Gasteiger partial charge in [-0.25, -0.2) is 8.42 Å². The summed E-state index contributed by atoms with van der Waals surface area (Å²) in [6.07, 6.45) is 0.887. The standard InChI is InChI=1S/C21H26N2O4S/c1-16-4-3-5-17(2)21(16)22-20(24)11-8-18-6-9-19(10-7-18)28(25,26)23-12-14-27-15-13-23/h3-7,9-10H,8,11-15H2,1-2H3,(H,22,24). The van der Waals surface area contributed by atoms with E-state index in [0.29, 0.717) is 39.1 Å². The Kier molecular flexibility index (Phi) is 6.49. The predicted molar refractivity (Wildman–Crippen MR) is 109 cm³/mol. The second-order valence-corrected chi connectivity index (χ2v) is 8.91. The first-order valence-corrected chi connectivity index (χ1v) is 10.8. The Morgan fingerprint density at radius 1 is 1.04 bits per heavy atom. The average Bonchev–Trinajstić information content (AvgIpc) is 2.70. The molecule has 0 aromatic heterocycles. The maximum Gasteiger partial charge on any atom is 0.243 e. The van der Waals surface area contributed by atoms with Gasteiger partial charge in [0, 0.05) is 25.2 Å². The van der Waals surface area contributed by atoms with Crippen LogP contribution in [-0.2, 0) is 26.0 Å². The lowest BCUT2D eigenvalue weighted by Gasteiger charge is -2.26. The average molecular weight is 403 g/mol. The van der Waals surface area contributed by atoms with Crippen molar-refractivity contribution in [1.29, 1.82) is 0 Å². The molecule has 1 aliphatic rings. The van der Waals surface area contributed by atoms with Gasteiger partial charge in [0.15, 0.2) is 0 Å². The molecule has 0 aliphatic carbocycles. The number of amides is 1. The molecular weight excluding hydrogens is 376 g/mol. The topological polar surface area (TPSA) is 75.7 Å². The van der Waals surface area contributed by atoms with Gasteiger partial charge < -0.3 is 10.1 Å². The Morgan fingerprint density at radius 2 is 1.64 bits per heavy atom. The molecule has 1 saturated heterocycles. The molecule has 1 aliphatic heterocycles. The van der Waals surface area contributed by atoms with Crippen molar-refractivity contribution >= 4 is 21.6 Å². The Morgan fingerprint density at radius 3 is 2.25 bits per heavy atom. The highest BCUT2D eigenvalue weighted by Crippen LogP contribution is 2.21. The fourth-order valence-corrected chi connectivity index (χ4v) is 4.64. The van der Waals surface area contributed by atoms with Crippen LogP contribution in [0.5, 0.6) is 0 Å². The summed E-state index contributed by atoms with van der Waals surface area (Å²) in [4.78, 5) is 12.6. The monoisotopic (exact) mass is 402 g/mol. The summed E-state index contributed by atoms with van der Waals surface area (Å²) >= 11 is 0. The van der Waals surface area contributed by atoms with Gasteiger partial charge in [0.1, 0.15) is 0 Å². The highest BCUT2D eigenvalue weighted by atomic mass is 32.2. The number of nitrogens with one attached hydrogen (secondary N) is 1.